The minimum atomic E-state index is -0.126. The van der Waals surface area contributed by atoms with Crippen LogP contribution in [-0.2, 0) is 6.54 Å². The smallest absolute Gasteiger partial charge is 0.128 e. The van der Waals surface area contributed by atoms with Crippen molar-refractivity contribution in [1.29, 1.82) is 0 Å². The second-order valence-corrected chi connectivity index (χ2v) is 8.20. The molecule has 2 fully saturated rings. The Morgan fingerprint density at radius 2 is 2.10 bits per heavy atom. The molecule has 3 atom stereocenters. The minimum absolute atomic E-state index is 0.126. The van der Waals surface area contributed by atoms with E-state index in [0.29, 0.717) is 23.4 Å². The Balaban J connectivity index is 1.71. The topological polar surface area (TPSA) is 12.0 Å². The highest BCUT2D eigenvalue weighted by atomic mass is 79.9. The zero-order valence-electron chi connectivity index (χ0n) is 12.5. The molecule has 0 heterocycles. The third-order valence-electron chi connectivity index (χ3n) is 6.35. The molecule has 1 aromatic rings. The van der Waals surface area contributed by atoms with Crippen LogP contribution in [0.2, 0.25) is 0 Å². The molecule has 3 unspecified atom stereocenters. The van der Waals surface area contributed by atoms with Crippen LogP contribution < -0.4 is 5.32 Å². The predicted octanol–water partition coefficient (Wildman–Crippen LogP) is 4.89. The summed E-state index contributed by atoms with van der Waals surface area (Å²) >= 11 is 3.30. The Morgan fingerprint density at radius 1 is 1.35 bits per heavy atom. The van der Waals surface area contributed by atoms with E-state index in [1.807, 2.05) is 12.1 Å². The molecule has 0 aromatic heterocycles. The Kier molecular flexibility index (Phi) is 3.49. The van der Waals surface area contributed by atoms with Crippen LogP contribution >= 0.6 is 15.9 Å². The van der Waals surface area contributed by atoms with Crippen LogP contribution in [0.4, 0.5) is 4.39 Å². The van der Waals surface area contributed by atoms with Crippen LogP contribution in [0.25, 0.3) is 0 Å². The second-order valence-electron chi connectivity index (χ2n) is 7.28. The molecule has 3 heteroatoms. The third kappa shape index (κ3) is 2.05. The molecular weight excluding hydrogens is 317 g/mol. The lowest BCUT2D eigenvalue weighted by atomic mass is 9.69. The van der Waals surface area contributed by atoms with Crippen molar-refractivity contribution in [3.05, 3.63) is 34.1 Å². The number of hydrogen-bond acceptors (Lipinski definition) is 1. The summed E-state index contributed by atoms with van der Waals surface area (Å²) in [5.74, 6) is 0.694. The molecule has 3 rings (SSSR count). The van der Waals surface area contributed by atoms with Gasteiger partial charge < -0.3 is 5.32 Å². The Bertz CT molecular complexity index is 528. The van der Waals surface area contributed by atoms with Gasteiger partial charge >= 0.3 is 0 Å². The van der Waals surface area contributed by atoms with E-state index in [9.17, 15) is 4.39 Å². The number of benzene rings is 1. The van der Waals surface area contributed by atoms with Gasteiger partial charge in [-0.3, -0.25) is 0 Å². The highest BCUT2D eigenvalue weighted by Crippen LogP contribution is 2.65. The highest BCUT2D eigenvalue weighted by molar-refractivity contribution is 9.10. The number of rotatable bonds is 3. The molecule has 0 amide bonds. The summed E-state index contributed by atoms with van der Waals surface area (Å²) in [6, 6.07) is 5.84. The predicted molar refractivity (Wildman–Crippen MR) is 84.0 cm³/mol. The largest absolute Gasteiger partial charge is 0.309 e. The molecule has 2 aliphatic rings. The fourth-order valence-electron chi connectivity index (χ4n) is 4.41. The lowest BCUT2D eigenvalue weighted by Crippen LogP contribution is -2.44. The summed E-state index contributed by atoms with van der Waals surface area (Å²) < 4.78 is 14.7. The maximum absolute atomic E-state index is 13.9. The number of fused-ring (bicyclic) bond motifs is 2. The first kappa shape index (κ1) is 14.5. The van der Waals surface area contributed by atoms with Crippen molar-refractivity contribution in [1.82, 2.24) is 5.32 Å². The van der Waals surface area contributed by atoms with Gasteiger partial charge in [-0.05, 0) is 48.1 Å². The van der Waals surface area contributed by atoms with E-state index in [2.05, 4.69) is 42.0 Å². The summed E-state index contributed by atoms with van der Waals surface area (Å²) in [6.45, 7) is 7.86. The summed E-state index contributed by atoms with van der Waals surface area (Å²) in [4.78, 5) is 0. The minimum Gasteiger partial charge on any atom is -0.309 e. The van der Waals surface area contributed by atoms with Gasteiger partial charge in [-0.1, -0.05) is 42.8 Å². The van der Waals surface area contributed by atoms with Crippen LogP contribution in [0.5, 0.6) is 0 Å². The SMILES string of the molecule is CC1(C)C2CCC1(C)C(NCc1ccc(Br)cc1F)C2. The van der Waals surface area contributed by atoms with E-state index in [1.165, 1.54) is 19.3 Å². The van der Waals surface area contributed by atoms with E-state index in [4.69, 9.17) is 0 Å². The number of nitrogens with one attached hydrogen (secondary N) is 1. The van der Waals surface area contributed by atoms with Gasteiger partial charge in [0.25, 0.3) is 0 Å². The Labute approximate surface area is 129 Å². The van der Waals surface area contributed by atoms with E-state index in [1.54, 1.807) is 6.07 Å². The van der Waals surface area contributed by atoms with E-state index in [0.717, 1.165) is 16.0 Å². The zero-order valence-corrected chi connectivity index (χ0v) is 14.1. The van der Waals surface area contributed by atoms with Gasteiger partial charge in [-0.15, -0.1) is 0 Å². The summed E-state index contributed by atoms with van der Waals surface area (Å²) in [7, 11) is 0. The zero-order chi connectivity index (χ0) is 14.5. The normalized spacial score (nSPS) is 34.6. The van der Waals surface area contributed by atoms with E-state index in [-0.39, 0.29) is 5.82 Å². The van der Waals surface area contributed by atoms with Gasteiger partial charge in [0.2, 0.25) is 0 Å². The summed E-state index contributed by atoms with van der Waals surface area (Å²) in [6.07, 6.45) is 3.89. The van der Waals surface area contributed by atoms with Gasteiger partial charge in [-0.2, -0.15) is 0 Å². The Hall–Kier alpha value is -0.410. The average molecular weight is 340 g/mol. The van der Waals surface area contributed by atoms with Crippen LogP contribution in [0.15, 0.2) is 22.7 Å². The molecule has 2 aliphatic carbocycles. The summed E-state index contributed by atoms with van der Waals surface area (Å²) in [5, 5.41) is 3.63. The van der Waals surface area contributed by atoms with Crippen molar-refractivity contribution in [2.75, 3.05) is 0 Å². The van der Waals surface area contributed by atoms with Crippen molar-refractivity contribution >= 4 is 15.9 Å². The molecule has 20 heavy (non-hydrogen) atoms. The monoisotopic (exact) mass is 339 g/mol. The first-order chi connectivity index (χ1) is 9.34. The molecular formula is C17H23BrFN. The van der Waals surface area contributed by atoms with E-state index >= 15 is 0 Å². The average Bonchev–Trinajstić information content (AvgIpc) is 2.70. The molecule has 1 aromatic carbocycles. The standard InChI is InChI=1S/C17H23BrFN/c1-16(2)12-6-7-17(16,3)15(8-12)20-10-11-4-5-13(18)9-14(11)19/h4-5,9,12,15,20H,6-8,10H2,1-3H3. The third-order valence-corrected chi connectivity index (χ3v) is 6.84. The lowest BCUT2D eigenvalue weighted by molar-refractivity contribution is 0.120. The van der Waals surface area contributed by atoms with Crippen molar-refractivity contribution < 1.29 is 4.39 Å². The van der Waals surface area contributed by atoms with Crippen LogP contribution in [0.3, 0.4) is 0 Å². The fraction of sp³-hybridized carbons (Fsp3) is 0.647. The van der Waals surface area contributed by atoms with Crippen LogP contribution in [-0.4, -0.2) is 6.04 Å². The Morgan fingerprint density at radius 3 is 2.65 bits per heavy atom. The highest BCUT2D eigenvalue weighted by Gasteiger charge is 2.60. The van der Waals surface area contributed by atoms with Crippen molar-refractivity contribution in [2.45, 2.75) is 52.6 Å². The van der Waals surface area contributed by atoms with Gasteiger partial charge in [0, 0.05) is 22.6 Å². The molecule has 0 radical (unpaired) electrons. The van der Waals surface area contributed by atoms with Crippen LogP contribution in [0.1, 0.15) is 45.6 Å². The number of halogens is 2. The van der Waals surface area contributed by atoms with E-state index < -0.39 is 0 Å². The van der Waals surface area contributed by atoms with Gasteiger partial charge in [0.1, 0.15) is 5.82 Å². The van der Waals surface area contributed by atoms with Crippen molar-refractivity contribution in [3.8, 4) is 0 Å². The van der Waals surface area contributed by atoms with Gasteiger partial charge in [0.05, 0.1) is 0 Å². The van der Waals surface area contributed by atoms with Crippen LogP contribution in [0, 0.1) is 22.6 Å². The molecule has 0 spiro atoms. The maximum Gasteiger partial charge on any atom is 0.128 e. The fourth-order valence-corrected chi connectivity index (χ4v) is 4.74. The molecule has 0 saturated heterocycles. The molecule has 2 bridgehead atoms. The van der Waals surface area contributed by atoms with Crippen molar-refractivity contribution in [2.24, 2.45) is 16.7 Å². The first-order valence-corrected chi connectivity index (χ1v) is 8.31. The molecule has 2 saturated carbocycles. The maximum atomic E-state index is 13.9. The van der Waals surface area contributed by atoms with Gasteiger partial charge in [0.15, 0.2) is 0 Å². The van der Waals surface area contributed by atoms with Gasteiger partial charge in [-0.25, -0.2) is 4.39 Å². The molecule has 1 N–H and O–H groups in total. The van der Waals surface area contributed by atoms with Crippen molar-refractivity contribution in [3.63, 3.8) is 0 Å². The quantitative estimate of drug-likeness (QED) is 0.826. The lowest BCUT2D eigenvalue weighted by Gasteiger charge is -2.39. The number of hydrogen-bond donors (Lipinski definition) is 1. The first-order valence-electron chi connectivity index (χ1n) is 7.52. The molecule has 1 nitrogen and oxygen atoms in total. The molecule has 110 valence electrons. The molecule has 0 aliphatic heterocycles. The second kappa shape index (κ2) is 4.81. The summed E-state index contributed by atoms with van der Waals surface area (Å²) in [5.41, 5.74) is 1.52.